The van der Waals surface area contributed by atoms with Crippen molar-refractivity contribution in [1.29, 1.82) is 5.41 Å². The Hall–Kier alpha value is -3.13. The molecule has 5 N–H and O–H groups in total. The van der Waals surface area contributed by atoms with E-state index >= 15 is 0 Å². The quantitative estimate of drug-likeness (QED) is 0.391. The Morgan fingerprint density at radius 2 is 2.04 bits per heavy atom. The average molecular weight is 401 g/mol. The molecular formula is C19H21ClN6O2. The molecule has 0 fully saturated rings. The number of methoxy groups -OCH3 is 1. The van der Waals surface area contributed by atoms with Crippen LogP contribution in [0.2, 0.25) is 5.02 Å². The molecule has 0 spiro atoms. The Bertz CT molecular complexity index is 1080. The summed E-state index contributed by atoms with van der Waals surface area (Å²) < 4.78 is 4.75. The largest absolute Gasteiger partial charge is 0.465 e. The zero-order chi connectivity index (χ0) is 20.6. The van der Waals surface area contributed by atoms with Crippen molar-refractivity contribution in [3.8, 4) is 0 Å². The van der Waals surface area contributed by atoms with Gasteiger partial charge >= 0.3 is 5.97 Å². The topological polar surface area (TPSA) is 130 Å². The van der Waals surface area contributed by atoms with Crippen molar-refractivity contribution in [3.63, 3.8) is 0 Å². The molecule has 0 aliphatic carbocycles. The van der Waals surface area contributed by atoms with Gasteiger partial charge in [-0.3, -0.25) is 5.41 Å². The van der Waals surface area contributed by atoms with Gasteiger partial charge in [0.25, 0.3) is 0 Å². The van der Waals surface area contributed by atoms with Gasteiger partial charge in [0.2, 0.25) is 0 Å². The lowest BCUT2D eigenvalue weighted by atomic mass is 10.1. The second-order valence-corrected chi connectivity index (χ2v) is 7.68. The second-order valence-electron chi connectivity index (χ2n) is 7.30. The van der Waals surface area contributed by atoms with Crippen LogP contribution in [0.15, 0.2) is 24.5 Å². The van der Waals surface area contributed by atoms with E-state index in [0.29, 0.717) is 38.6 Å². The molecule has 0 amide bonds. The molecule has 3 aromatic rings. The zero-order valence-electron chi connectivity index (χ0n) is 16.0. The maximum absolute atomic E-state index is 11.8. The second kappa shape index (κ2) is 7.12. The number of nitrogens with two attached hydrogens (primary N) is 1. The summed E-state index contributed by atoms with van der Waals surface area (Å²) in [6.07, 6.45) is 1.34. The van der Waals surface area contributed by atoms with Gasteiger partial charge in [-0.2, -0.15) is 0 Å². The number of fused-ring (bicyclic) bond motifs is 1. The molecule has 146 valence electrons. The lowest BCUT2D eigenvalue weighted by Crippen LogP contribution is -2.28. The summed E-state index contributed by atoms with van der Waals surface area (Å²) in [5.41, 5.74) is 7.49. The van der Waals surface area contributed by atoms with E-state index in [1.165, 1.54) is 13.4 Å². The van der Waals surface area contributed by atoms with Gasteiger partial charge in [0.1, 0.15) is 18.0 Å². The van der Waals surface area contributed by atoms with Gasteiger partial charge in [0, 0.05) is 16.4 Å². The molecule has 0 atom stereocenters. The lowest BCUT2D eigenvalue weighted by molar-refractivity contribution is 0.0601. The number of rotatable bonds is 4. The summed E-state index contributed by atoms with van der Waals surface area (Å²) in [4.78, 5) is 23.1. The van der Waals surface area contributed by atoms with E-state index in [1.807, 2.05) is 20.8 Å². The van der Waals surface area contributed by atoms with Crippen LogP contribution in [-0.4, -0.2) is 39.3 Å². The molecule has 28 heavy (non-hydrogen) atoms. The highest BCUT2D eigenvalue weighted by molar-refractivity contribution is 6.40. The van der Waals surface area contributed by atoms with Crippen LogP contribution < -0.4 is 11.1 Å². The van der Waals surface area contributed by atoms with E-state index in [2.05, 4.69) is 20.3 Å². The number of aromatic nitrogens is 3. The van der Waals surface area contributed by atoms with Crippen molar-refractivity contribution >= 4 is 45.8 Å². The molecule has 1 aromatic carbocycles. The number of carbonyl (C=O) groups is 1. The number of aromatic amines is 1. The fourth-order valence-corrected chi connectivity index (χ4v) is 3.11. The number of anilines is 2. The highest BCUT2D eigenvalue weighted by atomic mass is 35.5. The normalized spacial score (nSPS) is 11.5. The van der Waals surface area contributed by atoms with Gasteiger partial charge in [-0.25, -0.2) is 14.8 Å². The molecule has 8 nitrogen and oxygen atoms in total. The lowest BCUT2D eigenvalue weighted by Gasteiger charge is -2.23. The summed E-state index contributed by atoms with van der Waals surface area (Å²) in [6, 6.07) is 4.95. The third-order valence-electron chi connectivity index (χ3n) is 4.03. The number of benzene rings is 1. The van der Waals surface area contributed by atoms with Crippen LogP contribution in [0.1, 0.15) is 42.4 Å². The number of halogens is 1. The van der Waals surface area contributed by atoms with Crippen LogP contribution in [0.25, 0.3) is 10.9 Å². The molecule has 0 radical (unpaired) electrons. The third kappa shape index (κ3) is 3.63. The van der Waals surface area contributed by atoms with Crippen molar-refractivity contribution in [1.82, 2.24) is 15.0 Å². The van der Waals surface area contributed by atoms with Crippen molar-refractivity contribution in [2.24, 2.45) is 0 Å². The Morgan fingerprint density at radius 1 is 1.32 bits per heavy atom. The first-order chi connectivity index (χ1) is 13.1. The number of hydrogen-bond donors (Lipinski definition) is 4. The molecular weight excluding hydrogens is 380 g/mol. The van der Waals surface area contributed by atoms with Crippen LogP contribution in [0.3, 0.4) is 0 Å². The van der Waals surface area contributed by atoms with Crippen LogP contribution in [0.4, 0.5) is 11.6 Å². The number of ether oxygens (including phenoxy) is 1. The molecule has 0 unspecified atom stereocenters. The van der Waals surface area contributed by atoms with Crippen molar-refractivity contribution in [2.45, 2.75) is 26.3 Å². The SMILES string of the molecule is COC(=O)c1ccc2c(Cl)c(C(=N)c3c(N)ncnc3NC(C)(C)C)[nH]c2c1. The van der Waals surface area contributed by atoms with Gasteiger partial charge in [0.15, 0.2) is 0 Å². The zero-order valence-corrected chi connectivity index (χ0v) is 16.7. The summed E-state index contributed by atoms with van der Waals surface area (Å²) >= 11 is 6.52. The molecule has 0 aliphatic rings. The molecule has 0 saturated carbocycles. The minimum absolute atomic E-state index is 0.0469. The molecule has 2 aromatic heterocycles. The van der Waals surface area contributed by atoms with Crippen LogP contribution in [-0.2, 0) is 4.74 Å². The van der Waals surface area contributed by atoms with Crippen molar-refractivity contribution in [2.75, 3.05) is 18.2 Å². The molecule has 0 bridgehead atoms. The predicted octanol–water partition coefficient (Wildman–Crippen LogP) is 3.61. The summed E-state index contributed by atoms with van der Waals surface area (Å²) in [7, 11) is 1.32. The highest BCUT2D eigenvalue weighted by Gasteiger charge is 2.23. The fourth-order valence-electron chi connectivity index (χ4n) is 2.80. The van der Waals surface area contributed by atoms with Gasteiger partial charge in [-0.1, -0.05) is 17.7 Å². The minimum Gasteiger partial charge on any atom is -0.465 e. The van der Waals surface area contributed by atoms with Gasteiger partial charge in [-0.05, 0) is 32.9 Å². The van der Waals surface area contributed by atoms with Crippen LogP contribution >= 0.6 is 11.6 Å². The Kier molecular flexibility index (Phi) is 4.99. The van der Waals surface area contributed by atoms with Crippen LogP contribution in [0, 0.1) is 5.41 Å². The number of nitrogens with one attached hydrogen (secondary N) is 3. The fraction of sp³-hybridized carbons (Fsp3) is 0.263. The number of hydrogen-bond acceptors (Lipinski definition) is 7. The highest BCUT2D eigenvalue weighted by Crippen LogP contribution is 2.32. The van der Waals surface area contributed by atoms with E-state index in [-0.39, 0.29) is 17.1 Å². The smallest absolute Gasteiger partial charge is 0.337 e. The Morgan fingerprint density at radius 3 is 2.68 bits per heavy atom. The first-order valence-corrected chi connectivity index (χ1v) is 8.87. The molecule has 2 heterocycles. The summed E-state index contributed by atoms with van der Waals surface area (Å²) in [5.74, 6) is 0.147. The van der Waals surface area contributed by atoms with E-state index in [9.17, 15) is 4.79 Å². The first-order valence-electron chi connectivity index (χ1n) is 8.50. The monoisotopic (exact) mass is 400 g/mol. The predicted molar refractivity (Wildman–Crippen MR) is 110 cm³/mol. The van der Waals surface area contributed by atoms with Crippen molar-refractivity contribution < 1.29 is 9.53 Å². The van der Waals surface area contributed by atoms with Crippen molar-refractivity contribution in [3.05, 3.63) is 46.4 Å². The van der Waals surface area contributed by atoms with Crippen LogP contribution in [0.5, 0.6) is 0 Å². The molecule has 0 saturated heterocycles. The number of nitrogen functional groups attached to an aromatic ring is 1. The van der Waals surface area contributed by atoms with E-state index < -0.39 is 5.97 Å². The summed E-state index contributed by atoms with van der Waals surface area (Å²) in [5, 5.41) is 13.0. The third-order valence-corrected chi connectivity index (χ3v) is 4.42. The van der Waals surface area contributed by atoms with Gasteiger partial charge < -0.3 is 20.8 Å². The Labute approximate surface area is 167 Å². The molecule has 0 aliphatic heterocycles. The van der Waals surface area contributed by atoms with E-state index in [0.717, 1.165) is 0 Å². The van der Waals surface area contributed by atoms with E-state index in [1.54, 1.807) is 18.2 Å². The first kappa shape index (κ1) is 19.6. The number of carbonyl (C=O) groups excluding carboxylic acids is 1. The number of esters is 1. The minimum atomic E-state index is -0.457. The standard InChI is InChI=1S/C19H21ClN6O2/c1-19(2,3)26-17-12(16(22)23-8-24-17)14(21)15-13(20)10-6-5-9(18(27)28-4)7-11(10)25-15/h5-8,21,25H,1-4H3,(H3,22,23,24,26). The average Bonchev–Trinajstić information content (AvgIpc) is 2.95. The van der Waals surface area contributed by atoms with E-state index in [4.69, 9.17) is 27.5 Å². The molecule has 9 heteroatoms. The summed E-state index contributed by atoms with van der Waals surface area (Å²) in [6.45, 7) is 5.93. The Balaban J connectivity index is 2.12. The number of H-pyrrole nitrogens is 1. The van der Waals surface area contributed by atoms with Gasteiger partial charge in [0.05, 0.1) is 34.7 Å². The van der Waals surface area contributed by atoms with Gasteiger partial charge in [-0.15, -0.1) is 0 Å². The maximum Gasteiger partial charge on any atom is 0.337 e. The molecule has 3 rings (SSSR count). The maximum atomic E-state index is 11.8. The number of nitrogens with zero attached hydrogens (tertiary/aromatic N) is 2.